The highest BCUT2D eigenvalue weighted by Gasteiger charge is 2.21. The first-order chi connectivity index (χ1) is 18.3. The van der Waals surface area contributed by atoms with Crippen molar-refractivity contribution >= 4 is 28.6 Å². The maximum absolute atomic E-state index is 14.8. The number of benzene rings is 1. The molecule has 0 bridgehead atoms. The van der Waals surface area contributed by atoms with Crippen molar-refractivity contribution < 1.29 is 23.8 Å². The Labute approximate surface area is 224 Å². The van der Waals surface area contributed by atoms with Crippen LogP contribution in [0.4, 0.5) is 9.52 Å². The van der Waals surface area contributed by atoms with Gasteiger partial charge in [0.2, 0.25) is 5.13 Å². The van der Waals surface area contributed by atoms with Gasteiger partial charge in [0.15, 0.2) is 0 Å². The Morgan fingerprint density at radius 1 is 1.32 bits per heavy atom. The molecule has 0 radical (unpaired) electrons. The number of carbonyl (C=O) groups excluding carboxylic acids is 1. The lowest BCUT2D eigenvalue weighted by atomic mass is 9.98. The van der Waals surface area contributed by atoms with E-state index in [9.17, 15) is 14.3 Å². The summed E-state index contributed by atoms with van der Waals surface area (Å²) in [6.45, 7) is 7.58. The van der Waals surface area contributed by atoms with Gasteiger partial charge in [-0.2, -0.15) is 0 Å². The molecule has 0 fully saturated rings. The lowest BCUT2D eigenvalue weighted by molar-refractivity contribution is 0.102. The van der Waals surface area contributed by atoms with E-state index in [1.54, 1.807) is 38.3 Å². The molecule has 0 saturated carbocycles. The summed E-state index contributed by atoms with van der Waals surface area (Å²) >= 11 is 1.05. The van der Waals surface area contributed by atoms with E-state index in [-0.39, 0.29) is 34.7 Å². The lowest BCUT2D eigenvalue weighted by Crippen LogP contribution is -2.14. The summed E-state index contributed by atoms with van der Waals surface area (Å²) in [5, 5.41) is 20.5. The third kappa shape index (κ3) is 7.08. The van der Waals surface area contributed by atoms with E-state index >= 15 is 0 Å². The Bertz CT molecular complexity index is 1380. The predicted molar refractivity (Wildman–Crippen MR) is 147 cm³/mol. The van der Waals surface area contributed by atoms with Crippen LogP contribution in [0.3, 0.4) is 0 Å². The number of allylic oxidation sites excluding steroid dienone is 2. The first-order valence-corrected chi connectivity index (χ1v) is 12.7. The molecule has 0 atom stereocenters. The van der Waals surface area contributed by atoms with Crippen LogP contribution in [-0.2, 0) is 0 Å². The van der Waals surface area contributed by atoms with Gasteiger partial charge in [-0.1, -0.05) is 29.7 Å². The Morgan fingerprint density at radius 3 is 2.79 bits per heavy atom. The number of amides is 1. The van der Waals surface area contributed by atoms with E-state index in [2.05, 4.69) is 25.5 Å². The van der Waals surface area contributed by atoms with E-state index in [1.165, 1.54) is 25.4 Å². The van der Waals surface area contributed by atoms with Gasteiger partial charge in [0, 0.05) is 29.2 Å². The molecule has 0 aliphatic carbocycles. The zero-order valence-corrected chi connectivity index (χ0v) is 22.7. The smallest absolute Gasteiger partial charge is 0.296 e. The van der Waals surface area contributed by atoms with Gasteiger partial charge in [0.1, 0.15) is 18.2 Å². The highest BCUT2D eigenvalue weighted by Crippen LogP contribution is 2.35. The summed E-state index contributed by atoms with van der Waals surface area (Å²) in [5.74, 6) is -0.754. The summed E-state index contributed by atoms with van der Waals surface area (Å²) in [4.78, 5) is 21.7. The second-order valence-electron chi connectivity index (χ2n) is 8.16. The minimum atomic E-state index is -0.530. The van der Waals surface area contributed by atoms with Gasteiger partial charge < -0.3 is 14.6 Å². The van der Waals surface area contributed by atoms with Crippen LogP contribution >= 0.6 is 11.3 Å². The van der Waals surface area contributed by atoms with Crippen LogP contribution in [-0.4, -0.2) is 52.7 Å². The van der Waals surface area contributed by atoms with E-state index in [1.807, 2.05) is 13.8 Å². The second-order valence-corrected chi connectivity index (χ2v) is 9.10. The molecule has 2 heterocycles. The van der Waals surface area contributed by atoms with E-state index in [0.717, 1.165) is 28.9 Å². The fourth-order valence-electron chi connectivity index (χ4n) is 3.37. The van der Waals surface area contributed by atoms with Gasteiger partial charge in [-0.15, -0.1) is 5.10 Å². The molecule has 0 spiro atoms. The summed E-state index contributed by atoms with van der Waals surface area (Å²) < 4.78 is 25.9. The number of anilines is 1. The molecule has 1 aromatic carbocycles. The van der Waals surface area contributed by atoms with Gasteiger partial charge in [0.25, 0.3) is 11.1 Å². The number of methoxy groups -OCH3 is 1. The standard InChI is InChI=1S/C27H30FN5O4S/c1-6-16(3)18(12-30-19(7-2)14-34)15-37-27-33-32-26(38-27)31-25(35)21-13-29-17(4)11-20(21)24-22(28)9-8-10-23(24)36-5/h7-13,34H,6,14-15H2,1-5H3,(H,31,32,35)/b18-16+,19-7-,30-12-. The van der Waals surface area contributed by atoms with Crippen LogP contribution in [0.2, 0.25) is 0 Å². The number of halogens is 1. The van der Waals surface area contributed by atoms with Gasteiger partial charge in [-0.3, -0.25) is 20.1 Å². The first kappa shape index (κ1) is 28.6. The maximum Gasteiger partial charge on any atom is 0.296 e. The molecule has 0 unspecified atom stereocenters. The number of hydrogen-bond acceptors (Lipinski definition) is 9. The minimum absolute atomic E-state index is 0.153. The molecular formula is C27H30FN5O4S. The third-order valence-electron chi connectivity index (χ3n) is 5.69. The molecule has 3 aromatic rings. The van der Waals surface area contributed by atoms with Crippen LogP contribution in [0.5, 0.6) is 10.9 Å². The largest absolute Gasteiger partial charge is 0.496 e. The summed E-state index contributed by atoms with van der Waals surface area (Å²) in [7, 11) is 1.44. The van der Waals surface area contributed by atoms with Gasteiger partial charge >= 0.3 is 0 Å². The number of nitrogens with zero attached hydrogens (tertiary/aromatic N) is 4. The number of rotatable bonds is 11. The molecule has 0 saturated heterocycles. The second kappa shape index (κ2) is 13.5. The van der Waals surface area contributed by atoms with E-state index in [0.29, 0.717) is 22.7 Å². The topological polar surface area (TPSA) is 119 Å². The predicted octanol–water partition coefficient (Wildman–Crippen LogP) is 5.38. The minimum Gasteiger partial charge on any atom is -0.496 e. The molecule has 3 rings (SSSR count). The van der Waals surface area contributed by atoms with Crippen LogP contribution in [0.1, 0.15) is 43.2 Å². The monoisotopic (exact) mass is 539 g/mol. The van der Waals surface area contributed by atoms with Crippen LogP contribution in [0.15, 0.2) is 58.4 Å². The molecule has 2 aromatic heterocycles. The van der Waals surface area contributed by atoms with Crippen molar-refractivity contribution in [3.8, 4) is 22.1 Å². The summed E-state index contributed by atoms with van der Waals surface area (Å²) in [5.41, 5.74) is 3.74. The molecule has 2 N–H and O–H groups in total. The molecule has 200 valence electrons. The Balaban J connectivity index is 1.79. The number of aliphatic hydroxyl groups excluding tert-OH is 1. The highest BCUT2D eigenvalue weighted by molar-refractivity contribution is 7.17. The Hall–Kier alpha value is -3.96. The van der Waals surface area contributed by atoms with Crippen molar-refractivity contribution in [3.63, 3.8) is 0 Å². The fraction of sp³-hybridized carbons (Fsp3) is 0.296. The Kier molecular flexibility index (Phi) is 10.2. The van der Waals surface area contributed by atoms with Gasteiger partial charge in [0.05, 0.1) is 30.5 Å². The average Bonchev–Trinajstić information content (AvgIpc) is 3.37. The molecule has 9 nitrogen and oxygen atoms in total. The number of aliphatic hydroxyl groups is 1. The molecule has 0 aliphatic rings. The van der Waals surface area contributed by atoms with Crippen molar-refractivity contribution in [2.75, 3.05) is 25.6 Å². The van der Waals surface area contributed by atoms with Crippen molar-refractivity contribution in [3.05, 3.63) is 70.5 Å². The van der Waals surface area contributed by atoms with Gasteiger partial charge in [-0.25, -0.2) is 4.39 Å². The summed E-state index contributed by atoms with van der Waals surface area (Å²) in [6.07, 6.45) is 5.58. The number of aromatic nitrogens is 3. The summed E-state index contributed by atoms with van der Waals surface area (Å²) in [6, 6.07) is 6.10. The van der Waals surface area contributed by atoms with E-state index < -0.39 is 11.7 Å². The maximum atomic E-state index is 14.8. The molecular weight excluding hydrogens is 509 g/mol. The number of carbonyl (C=O) groups is 1. The van der Waals surface area contributed by atoms with Crippen LogP contribution < -0.4 is 14.8 Å². The van der Waals surface area contributed by atoms with Crippen LogP contribution in [0, 0.1) is 12.7 Å². The number of aryl methyl sites for hydroxylation is 1. The normalized spacial score (nSPS) is 12.4. The SMILES string of the molecule is C\C=C(CO)/N=C\C(COc1nnc(NC(=O)c2cnc(C)cc2-c2c(F)cccc2OC)s1)=C(\C)CC. The highest BCUT2D eigenvalue weighted by atomic mass is 32.1. The van der Waals surface area contributed by atoms with Crippen molar-refractivity contribution in [1.82, 2.24) is 15.2 Å². The zero-order chi connectivity index (χ0) is 27.7. The van der Waals surface area contributed by atoms with Crippen molar-refractivity contribution in [2.24, 2.45) is 4.99 Å². The average molecular weight is 540 g/mol. The van der Waals surface area contributed by atoms with Gasteiger partial charge in [-0.05, 0) is 56.7 Å². The fourth-order valence-corrected chi connectivity index (χ4v) is 3.96. The Morgan fingerprint density at radius 2 is 2.11 bits per heavy atom. The molecule has 0 aliphatic heterocycles. The molecule has 38 heavy (non-hydrogen) atoms. The number of nitrogens with one attached hydrogen (secondary N) is 1. The van der Waals surface area contributed by atoms with Crippen molar-refractivity contribution in [2.45, 2.75) is 34.1 Å². The van der Waals surface area contributed by atoms with E-state index in [4.69, 9.17) is 9.47 Å². The number of pyridine rings is 1. The lowest BCUT2D eigenvalue weighted by Gasteiger charge is -2.14. The third-order valence-corrected chi connectivity index (χ3v) is 6.44. The molecule has 11 heteroatoms. The first-order valence-electron chi connectivity index (χ1n) is 11.9. The number of hydrogen-bond donors (Lipinski definition) is 2. The zero-order valence-electron chi connectivity index (χ0n) is 21.9. The molecule has 1 amide bonds. The number of ether oxygens (including phenoxy) is 2. The van der Waals surface area contributed by atoms with Crippen molar-refractivity contribution in [1.29, 1.82) is 0 Å². The van der Waals surface area contributed by atoms with Crippen LogP contribution in [0.25, 0.3) is 11.1 Å². The number of aliphatic imine (C=N–C) groups is 1. The quantitative estimate of drug-likeness (QED) is 0.314.